The number of rotatable bonds is 6. The highest BCUT2D eigenvalue weighted by atomic mass is 16.1. The Morgan fingerprint density at radius 3 is 2.94 bits per heavy atom. The summed E-state index contributed by atoms with van der Waals surface area (Å²) >= 11 is 0. The molecule has 16 heavy (non-hydrogen) atoms. The highest BCUT2D eigenvalue weighted by Crippen LogP contribution is 2.08. The first kappa shape index (κ1) is 13.5. The Bertz CT molecular complexity index is 202. The van der Waals surface area contributed by atoms with Crippen molar-refractivity contribution in [1.29, 1.82) is 0 Å². The van der Waals surface area contributed by atoms with Gasteiger partial charge in [0, 0.05) is 26.1 Å². The summed E-state index contributed by atoms with van der Waals surface area (Å²) < 4.78 is 0. The molecule has 0 aromatic carbocycles. The Morgan fingerprint density at radius 1 is 1.50 bits per heavy atom. The second kappa shape index (κ2) is 7.63. The average Bonchev–Trinajstić information content (AvgIpc) is 2.30. The molecule has 94 valence electrons. The topological polar surface area (TPSA) is 44.4 Å². The van der Waals surface area contributed by atoms with Crippen molar-refractivity contribution < 1.29 is 4.79 Å². The van der Waals surface area contributed by atoms with Crippen LogP contribution in [0.4, 0.5) is 0 Å². The van der Waals surface area contributed by atoms with Gasteiger partial charge in [-0.1, -0.05) is 6.42 Å². The standard InChI is InChI=1S/C12H25N3O/c1-13-12(16)7-5-9-15(2)10-11-6-3-4-8-14-11/h11,14H,3-10H2,1-2H3,(H,13,16). The summed E-state index contributed by atoms with van der Waals surface area (Å²) in [5, 5.41) is 6.19. The largest absolute Gasteiger partial charge is 0.359 e. The summed E-state index contributed by atoms with van der Waals surface area (Å²) in [6.07, 6.45) is 5.54. The third-order valence-electron chi connectivity index (χ3n) is 3.17. The molecule has 2 N–H and O–H groups in total. The maximum Gasteiger partial charge on any atom is 0.219 e. The van der Waals surface area contributed by atoms with Gasteiger partial charge in [0.25, 0.3) is 0 Å². The molecule has 4 heteroatoms. The summed E-state index contributed by atoms with van der Waals surface area (Å²) in [6.45, 7) is 3.27. The number of hydrogen-bond donors (Lipinski definition) is 2. The fraction of sp³-hybridized carbons (Fsp3) is 0.917. The van der Waals surface area contributed by atoms with Gasteiger partial charge < -0.3 is 15.5 Å². The molecule has 1 heterocycles. The molecule has 1 saturated heterocycles. The Morgan fingerprint density at radius 2 is 2.31 bits per heavy atom. The van der Waals surface area contributed by atoms with Gasteiger partial charge in [0.1, 0.15) is 0 Å². The lowest BCUT2D eigenvalue weighted by molar-refractivity contribution is -0.120. The molecule has 0 aliphatic carbocycles. The zero-order valence-electron chi connectivity index (χ0n) is 10.6. The average molecular weight is 227 g/mol. The Hall–Kier alpha value is -0.610. The lowest BCUT2D eigenvalue weighted by atomic mass is 10.0. The molecular weight excluding hydrogens is 202 g/mol. The minimum atomic E-state index is 0.143. The molecule has 1 unspecified atom stereocenters. The Labute approximate surface area is 98.8 Å². The van der Waals surface area contributed by atoms with Crippen LogP contribution in [0, 0.1) is 0 Å². The molecule has 1 rings (SSSR count). The molecule has 0 aromatic heterocycles. The summed E-state index contributed by atoms with van der Waals surface area (Å²) in [5.74, 6) is 0.143. The maximum absolute atomic E-state index is 11.0. The quantitative estimate of drug-likeness (QED) is 0.698. The third-order valence-corrected chi connectivity index (χ3v) is 3.17. The summed E-state index contributed by atoms with van der Waals surface area (Å²) in [4.78, 5) is 13.4. The molecule has 1 amide bonds. The van der Waals surface area contributed by atoms with Crippen LogP contribution in [-0.2, 0) is 4.79 Å². The number of piperidine rings is 1. The molecule has 1 atom stereocenters. The first-order chi connectivity index (χ1) is 7.72. The molecule has 1 fully saturated rings. The molecular formula is C12H25N3O. The van der Waals surface area contributed by atoms with Crippen molar-refractivity contribution in [3.8, 4) is 0 Å². The van der Waals surface area contributed by atoms with Gasteiger partial charge in [-0.15, -0.1) is 0 Å². The summed E-state index contributed by atoms with van der Waals surface area (Å²) in [6, 6.07) is 0.652. The van der Waals surface area contributed by atoms with E-state index in [1.54, 1.807) is 7.05 Å². The van der Waals surface area contributed by atoms with Gasteiger partial charge >= 0.3 is 0 Å². The van der Waals surface area contributed by atoms with E-state index in [2.05, 4.69) is 22.6 Å². The van der Waals surface area contributed by atoms with Gasteiger partial charge in [0.2, 0.25) is 5.91 Å². The van der Waals surface area contributed by atoms with Gasteiger partial charge in [0.05, 0.1) is 0 Å². The molecule has 0 radical (unpaired) electrons. The Balaban J connectivity index is 2.05. The van der Waals surface area contributed by atoms with Gasteiger partial charge in [0.15, 0.2) is 0 Å². The van der Waals surface area contributed by atoms with Crippen molar-refractivity contribution in [3.63, 3.8) is 0 Å². The minimum absolute atomic E-state index is 0.143. The van der Waals surface area contributed by atoms with Crippen LogP contribution in [0.3, 0.4) is 0 Å². The fourth-order valence-electron chi connectivity index (χ4n) is 2.18. The Kier molecular flexibility index (Phi) is 6.42. The zero-order valence-corrected chi connectivity index (χ0v) is 10.6. The van der Waals surface area contributed by atoms with Crippen molar-refractivity contribution in [2.24, 2.45) is 0 Å². The first-order valence-electron chi connectivity index (χ1n) is 6.35. The lowest BCUT2D eigenvalue weighted by Crippen LogP contribution is -2.42. The number of hydrogen-bond acceptors (Lipinski definition) is 3. The van der Waals surface area contributed by atoms with E-state index in [-0.39, 0.29) is 5.91 Å². The second-order valence-corrected chi connectivity index (χ2v) is 4.69. The monoisotopic (exact) mass is 227 g/mol. The van der Waals surface area contributed by atoms with Crippen LogP contribution < -0.4 is 10.6 Å². The summed E-state index contributed by atoms with van der Waals surface area (Å²) in [5.41, 5.74) is 0. The van der Waals surface area contributed by atoms with Gasteiger partial charge in [-0.05, 0) is 39.4 Å². The van der Waals surface area contributed by atoms with Crippen LogP contribution >= 0.6 is 0 Å². The molecule has 0 aromatic rings. The smallest absolute Gasteiger partial charge is 0.219 e. The normalized spacial score (nSPS) is 21.1. The van der Waals surface area contributed by atoms with E-state index in [4.69, 9.17) is 0 Å². The number of amides is 1. The van der Waals surface area contributed by atoms with Gasteiger partial charge in [-0.25, -0.2) is 0 Å². The van der Waals surface area contributed by atoms with Crippen molar-refractivity contribution in [2.45, 2.75) is 38.1 Å². The molecule has 4 nitrogen and oxygen atoms in total. The lowest BCUT2D eigenvalue weighted by Gasteiger charge is -2.28. The minimum Gasteiger partial charge on any atom is -0.359 e. The van der Waals surface area contributed by atoms with Crippen LogP contribution in [0.15, 0.2) is 0 Å². The predicted molar refractivity (Wildman–Crippen MR) is 66.4 cm³/mol. The van der Waals surface area contributed by atoms with Crippen LogP contribution in [0.5, 0.6) is 0 Å². The second-order valence-electron chi connectivity index (χ2n) is 4.69. The van der Waals surface area contributed by atoms with Crippen molar-refractivity contribution >= 4 is 5.91 Å². The summed E-state index contributed by atoms with van der Waals surface area (Å²) in [7, 11) is 3.83. The van der Waals surface area contributed by atoms with E-state index >= 15 is 0 Å². The van der Waals surface area contributed by atoms with Crippen molar-refractivity contribution in [2.75, 3.05) is 33.7 Å². The van der Waals surface area contributed by atoms with E-state index in [1.807, 2.05) is 0 Å². The molecule has 0 spiro atoms. The predicted octanol–water partition coefficient (Wildman–Crippen LogP) is 0.587. The van der Waals surface area contributed by atoms with Crippen molar-refractivity contribution in [1.82, 2.24) is 15.5 Å². The molecule has 0 bridgehead atoms. The number of likely N-dealkylation sites (N-methyl/N-ethyl adjacent to an activating group) is 1. The first-order valence-corrected chi connectivity index (χ1v) is 6.35. The number of nitrogens with zero attached hydrogens (tertiary/aromatic N) is 1. The fourth-order valence-corrected chi connectivity index (χ4v) is 2.18. The van der Waals surface area contributed by atoms with Gasteiger partial charge in [-0.3, -0.25) is 4.79 Å². The number of nitrogens with one attached hydrogen (secondary N) is 2. The van der Waals surface area contributed by atoms with Crippen LogP contribution in [0.1, 0.15) is 32.1 Å². The number of carbonyl (C=O) groups is 1. The van der Waals surface area contributed by atoms with Crippen molar-refractivity contribution in [3.05, 3.63) is 0 Å². The van der Waals surface area contributed by atoms with Crippen LogP contribution in [0.2, 0.25) is 0 Å². The van der Waals surface area contributed by atoms with E-state index in [0.717, 1.165) is 26.1 Å². The van der Waals surface area contributed by atoms with Crippen LogP contribution in [0.25, 0.3) is 0 Å². The maximum atomic E-state index is 11.0. The van der Waals surface area contributed by atoms with Crippen LogP contribution in [-0.4, -0.2) is 50.6 Å². The van der Waals surface area contributed by atoms with Gasteiger partial charge in [-0.2, -0.15) is 0 Å². The molecule has 0 saturated carbocycles. The molecule has 1 aliphatic heterocycles. The highest BCUT2D eigenvalue weighted by molar-refractivity contribution is 5.75. The zero-order chi connectivity index (χ0) is 11.8. The van der Waals surface area contributed by atoms with E-state index in [1.165, 1.54) is 19.3 Å². The van der Waals surface area contributed by atoms with E-state index < -0.39 is 0 Å². The highest BCUT2D eigenvalue weighted by Gasteiger charge is 2.14. The SMILES string of the molecule is CNC(=O)CCCN(C)CC1CCCCN1. The molecule has 1 aliphatic rings. The number of carbonyl (C=O) groups excluding carboxylic acids is 1. The van der Waals surface area contributed by atoms with E-state index in [0.29, 0.717) is 12.5 Å². The van der Waals surface area contributed by atoms with E-state index in [9.17, 15) is 4.79 Å². The third kappa shape index (κ3) is 5.47.